The summed E-state index contributed by atoms with van der Waals surface area (Å²) < 4.78 is 0. The van der Waals surface area contributed by atoms with Gasteiger partial charge in [0, 0.05) is 13.1 Å². The van der Waals surface area contributed by atoms with Crippen LogP contribution in [0, 0.1) is 0 Å². The van der Waals surface area contributed by atoms with E-state index < -0.39 is 0 Å². The average Bonchev–Trinajstić information content (AvgIpc) is 1.85. The zero-order valence-electron chi connectivity index (χ0n) is 8.07. The summed E-state index contributed by atoms with van der Waals surface area (Å²) in [6.07, 6.45) is 1.25. The van der Waals surface area contributed by atoms with Crippen LogP contribution in [0.5, 0.6) is 0 Å². The van der Waals surface area contributed by atoms with Crippen molar-refractivity contribution in [2.75, 3.05) is 34.2 Å². The Labute approximate surface area is 65.6 Å². The number of likely N-dealkylation sites (N-methyl/N-ethyl adjacent to an activating group) is 2. The predicted molar refractivity (Wildman–Crippen MR) is 48.4 cm³/mol. The van der Waals surface area contributed by atoms with E-state index in [4.69, 9.17) is 0 Å². The van der Waals surface area contributed by atoms with Gasteiger partial charge < -0.3 is 10.2 Å². The van der Waals surface area contributed by atoms with E-state index in [1.807, 2.05) is 7.05 Å². The van der Waals surface area contributed by atoms with E-state index in [1.54, 1.807) is 0 Å². The molecular weight excluding hydrogens is 124 g/mol. The molecule has 0 heterocycles. The molecule has 0 rings (SSSR count). The van der Waals surface area contributed by atoms with Crippen LogP contribution in [0.15, 0.2) is 0 Å². The monoisotopic (exact) mass is 146 g/mol. The highest BCUT2D eigenvalue weighted by Crippen LogP contribution is 1.66. The van der Waals surface area contributed by atoms with Crippen molar-refractivity contribution in [2.24, 2.45) is 0 Å². The van der Waals surface area contributed by atoms with Gasteiger partial charge in [-0.2, -0.15) is 0 Å². The largest absolute Gasteiger partial charge is 0.318 e. The third-order valence-corrected chi connectivity index (χ3v) is 0.809. The van der Waals surface area contributed by atoms with Gasteiger partial charge >= 0.3 is 0 Å². The number of hydrogen-bond acceptors (Lipinski definition) is 2. The Bertz CT molecular complexity index is 44.5. The molecule has 0 aliphatic rings. The van der Waals surface area contributed by atoms with E-state index in [0.29, 0.717) is 0 Å². The molecule has 0 aromatic heterocycles. The molecule has 0 aliphatic heterocycles. The van der Waals surface area contributed by atoms with Crippen molar-refractivity contribution in [1.82, 2.24) is 10.2 Å². The highest BCUT2D eigenvalue weighted by Gasteiger charge is 1.82. The van der Waals surface area contributed by atoms with Gasteiger partial charge in [-0.3, -0.25) is 0 Å². The van der Waals surface area contributed by atoms with Gasteiger partial charge in [-0.05, 0) is 21.1 Å². The lowest BCUT2D eigenvalue weighted by atomic mass is 10.6. The molecule has 0 fully saturated rings. The molecule has 0 saturated heterocycles. The fraction of sp³-hybridized carbons (Fsp3) is 1.00. The third kappa shape index (κ3) is 24.7. The molecule has 1 N–H and O–H groups in total. The number of nitrogens with zero attached hydrogens (tertiary/aromatic N) is 1. The minimum Gasteiger partial charge on any atom is -0.318 e. The summed E-state index contributed by atoms with van der Waals surface area (Å²) in [7, 11) is 6.10. The Kier molecular flexibility index (Phi) is 14.7. The van der Waals surface area contributed by atoms with E-state index in [1.165, 1.54) is 6.42 Å². The van der Waals surface area contributed by atoms with E-state index in [-0.39, 0.29) is 0 Å². The van der Waals surface area contributed by atoms with Crippen LogP contribution < -0.4 is 5.32 Å². The van der Waals surface area contributed by atoms with Crippen molar-refractivity contribution in [3.63, 3.8) is 0 Å². The van der Waals surface area contributed by atoms with Crippen molar-refractivity contribution in [2.45, 2.75) is 20.3 Å². The van der Waals surface area contributed by atoms with Gasteiger partial charge in [-0.25, -0.2) is 0 Å². The first-order valence-corrected chi connectivity index (χ1v) is 3.98. The Balaban J connectivity index is 0. The lowest BCUT2D eigenvalue weighted by Crippen LogP contribution is -2.23. The topological polar surface area (TPSA) is 15.3 Å². The molecule has 10 heavy (non-hydrogen) atoms. The van der Waals surface area contributed by atoms with Crippen LogP contribution in [0.25, 0.3) is 0 Å². The molecule has 0 spiro atoms. The Morgan fingerprint density at radius 3 is 1.70 bits per heavy atom. The Morgan fingerprint density at radius 2 is 1.60 bits per heavy atom. The van der Waals surface area contributed by atoms with Crippen LogP contribution in [0.3, 0.4) is 0 Å². The van der Waals surface area contributed by atoms with Crippen LogP contribution >= 0.6 is 0 Å². The van der Waals surface area contributed by atoms with Crippen molar-refractivity contribution < 1.29 is 0 Å². The maximum Gasteiger partial charge on any atom is 0.0101 e. The van der Waals surface area contributed by atoms with E-state index in [2.05, 4.69) is 38.2 Å². The van der Waals surface area contributed by atoms with Gasteiger partial charge in [0.25, 0.3) is 0 Å². The van der Waals surface area contributed by atoms with Crippen molar-refractivity contribution in [3.8, 4) is 0 Å². The molecule has 2 heteroatoms. The second kappa shape index (κ2) is 11.7. The molecule has 0 aromatic rings. The molecular formula is C8H22N2. The number of rotatable bonds is 3. The van der Waals surface area contributed by atoms with Crippen LogP contribution in [0.2, 0.25) is 0 Å². The zero-order chi connectivity index (χ0) is 8.41. The summed E-state index contributed by atoms with van der Waals surface area (Å²) >= 11 is 0. The molecule has 2 nitrogen and oxygen atoms in total. The molecule has 0 unspecified atom stereocenters. The van der Waals surface area contributed by atoms with E-state index >= 15 is 0 Å². The summed E-state index contributed by atoms with van der Waals surface area (Å²) in [5.74, 6) is 0. The minimum atomic E-state index is 1.08. The first-order chi connectivity index (χ1) is 4.68. The Hall–Kier alpha value is -0.0800. The number of hydrogen-bond donors (Lipinski definition) is 1. The van der Waals surface area contributed by atoms with E-state index in [9.17, 15) is 0 Å². The summed E-state index contributed by atoms with van der Waals surface area (Å²) in [5.41, 5.74) is 0. The van der Waals surface area contributed by atoms with Crippen molar-refractivity contribution in [1.29, 1.82) is 0 Å². The SMILES string of the molecule is CCC.CNCCN(C)C. The smallest absolute Gasteiger partial charge is 0.0101 e. The summed E-state index contributed by atoms with van der Waals surface area (Å²) in [6.45, 7) is 6.45. The average molecular weight is 146 g/mol. The standard InChI is InChI=1S/C5H14N2.C3H8/c1-6-4-5-7(2)3;1-3-2/h6H,4-5H2,1-3H3;3H2,1-2H3. The van der Waals surface area contributed by atoms with Gasteiger partial charge in [0.05, 0.1) is 0 Å². The van der Waals surface area contributed by atoms with Crippen LogP contribution in [0.1, 0.15) is 20.3 Å². The molecule has 0 saturated carbocycles. The molecule has 0 aromatic carbocycles. The number of nitrogens with one attached hydrogen (secondary N) is 1. The minimum absolute atomic E-state index is 1.08. The van der Waals surface area contributed by atoms with Gasteiger partial charge in [-0.1, -0.05) is 20.3 Å². The maximum absolute atomic E-state index is 3.06. The van der Waals surface area contributed by atoms with Gasteiger partial charge in [0.1, 0.15) is 0 Å². The molecule has 0 aliphatic carbocycles. The lowest BCUT2D eigenvalue weighted by molar-refractivity contribution is 0.407. The second-order valence-electron chi connectivity index (χ2n) is 2.61. The zero-order valence-corrected chi connectivity index (χ0v) is 8.07. The highest BCUT2D eigenvalue weighted by molar-refractivity contribution is 4.42. The first kappa shape index (κ1) is 12.6. The van der Waals surface area contributed by atoms with Crippen molar-refractivity contribution in [3.05, 3.63) is 0 Å². The molecule has 0 bridgehead atoms. The highest BCUT2D eigenvalue weighted by atomic mass is 15.1. The first-order valence-electron chi connectivity index (χ1n) is 3.98. The third-order valence-electron chi connectivity index (χ3n) is 0.809. The fourth-order valence-corrected chi connectivity index (χ4v) is 0.335. The normalized spacial score (nSPS) is 9.00. The molecule has 0 atom stereocenters. The summed E-state index contributed by atoms with van der Waals surface area (Å²) in [5, 5.41) is 3.06. The Morgan fingerprint density at radius 1 is 1.20 bits per heavy atom. The summed E-state index contributed by atoms with van der Waals surface area (Å²) in [4.78, 5) is 2.15. The van der Waals surface area contributed by atoms with Crippen LogP contribution in [-0.2, 0) is 0 Å². The fourth-order valence-electron chi connectivity index (χ4n) is 0.335. The lowest BCUT2D eigenvalue weighted by Gasteiger charge is -2.06. The van der Waals surface area contributed by atoms with Crippen LogP contribution in [0.4, 0.5) is 0 Å². The quantitative estimate of drug-likeness (QED) is 0.643. The molecule has 0 radical (unpaired) electrons. The summed E-state index contributed by atoms with van der Waals surface area (Å²) in [6, 6.07) is 0. The van der Waals surface area contributed by atoms with Crippen molar-refractivity contribution >= 4 is 0 Å². The second-order valence-corrected chi connectivity index (χ2v) is 2.61. The predicted octanol–water partition coefficient (Wildman–Crippen LogP) is 1.18. The van der Waals surface area contributed by atoms with Gasteiger partial charge in [-0.15, -0.1) is 0 Å². The molecule has 0 amide bonds. The van der Waals surface area contributed by atoms with E-state index in [0.717, 1.165) is 13.1 Å². The molecule has 64 valence electrons. The maximum atomic E-state index is 3.06. The van der Waals surface area contributed by atoms with Crippen LogP contribution in [-0.4, -0.2) is 39.1 Å². The van der Waals surface area contributed by atoms with Gasteiger partial charge in [0.15, 0.2) is 0 Å². The van der Waals surface area contributed by atoms with Gasteiger partial charge in [0.2, 0.25) is 0 Å².